The van der Waals surface area contributed by atoms with Gasteiger partial charge < -0.3 is 10.2 Å². The van der Waals surface area contributed by atoms with E-state index in [0.717, 1.165) is 31.9 Å². The van der Waals surface area contributed by atoms with E-state index in [4.69, 9.17) is 0 Å². The third kappa shape index (κ3) is 4.18. The Morgan fingerprint density at radius 1 is 1.15 bits per heavy atom. The van der Waals surface area contributed by atoms with Crippen molar-refractivity contribution in [2.24, 2.45) is 0 Å². The lowest BCUT2D eigenvalue weighted by Gasteiger charge is -2.32. The number of carbonyl (C=O) groups is 1. The number of aryl methyl sites for hydroxylation is 2. The Hall–Kier alpha value is -2.08. The Balaban J connectivity index is 1.22. The molecule has 2 heterocycles. The zero-order chi connectivity index (χ0) is 17.8. The minimum Gasteiger partial charge on any atom is -0.353 e. The number of fused-ring (bicyclic) bond motifs is 1. The molecule has 0 bridgehead atoms. The lowest BCUT2D eigenvalue weighted by atomic mass is 10.1. The minimum atomic E-state index is 0.130. The van der Waals surface area contributed by atoms with Gasteiger partial charge in [-0.25, -0.2) is 9.97 Å². The average molecular weight is 369 g/mol. The molecule has 0 spiro atoms. The predicted molar refractivity (Wildman–Crippen MR) is 105 cm³/mol. The van der Waals surface area contributed by atoms with Crippen molar-refractivity contribution < 1.29 is 4.79 Å². The Morgan fingerprint density at radius 3 is 2.73 bits per heavy atom. The topological polar surface area (TPSA) is 58.1 Å². The van der Waals surface area contributed by atoms with E-state index in [9.17, 15) is 4.79 Å². The number of piperidine rings is 1. The van der Waals surface area contributed by atoms with Gasteiger partial charge in [0, 0.05) is 36.4 Å². The highest BCUT2D eigenvalue weighted by Crippen LogP contribution is 2.27. The van der Waals surface area contributed by atoms with Gasteiger partial charge in [0.1, 0.15) is 0 Å². The highest BCUT2D eigenvalue weighted by atomic mass is 32.2. The van der Waals surface area contributed by atoms with Gasteiger partial charge in [-0.3, -0.25) is 4.79 Å². The average Bonchev–Trinajstić information content (AvgIpc) is 3.15. The molecule has 4 rings (SSSR count). The van der Waals surface area contributed by atoms with Gasteiger partial charge in [0.25, 0.3) is 0 Å². The van der Waals surface area contributed by atoms with Gasteiger partial charge in [-0.15, -0.1) is 11.8 Å². The van der Waals surface area contributed by atoms with E-state index in [1.807, 2.05) is 6.07 Å². The predicted octanol–water partition coefficient (Wildman–Crippen LogP) is 2.84. The first-order valence-corrected chi connectivity index (χ1v) is 10.3. The normalized spacial score (nSPS) is 17.2. The van der Waals surface area contributed by atoms with Crippen molar-refractivity contribution in [1.29, 1.82) is 0 Å². The molecule has 5 nitrogen and oxygen atoms in total. The number of anilines is 1. The smallest absolute Gasteiger partial charge is 0.230 e. The number of benzene rings is 1. The Labute approximate surface area is 158 Å². The first-order valence-electron chi connectivity index (χ1n) is 9.34. The Morgan fingerprint density at radius 2 is 1.92 bits per heavy atom. The zero-order valence-corrected chi connectivity index (χ0v) is 15.7. The summed E-state index contributed by atoms with van der Waals surface area (Å²) < 4.78 is 0. The fraction of sp³-hybridized carbons (Fsp3) is 0.450. The number of nitrogens with zero attached hydrogens (tertiary/aromatic N) is 3. The number of nitrogens with one attached hydrogen (secondary N) is 1. The van der Waals surface area contributed by atoms with Gasteiger partial charge in [-0.2, -0.15) is 0 Å². The maximum absolute atomic E-state index is 12.3. The van der Waals surface area contributed by atoms with Crippen LogP contribution in [0.5, 0.6) is 0 Å². The molecule has 136 valence electrons. The molecule has 1 amide bonds. The van der Waals surface area contributed by atoms with Crippen molar-refractivity contribution in [1.82, 2.24) is 15.3 Å². The maximum Gasteiger partial charge on any atom is 0.230 e. The third-order valence-corrected chi connectivity index (χ3v) is 6.13. The van der Waals surface area contributed by atoms with E-state index in [-0.39, 0.29) is 11.9 Å². The summed E-state index contributed by atoms with van der Waals surface area (Å²) in [6.45, 7) is 1.76. The van der Waals surface area contributed by atoms with E-state index in [1.165, 1.54) is 35.3 Å². The van der Waals surface area contributed by atoms with Crippen LogP contribution in [0.3, 0.4) is 0 Å². The van der Waals surface area contributed by atoms with Crippen molar-refractivity contribution in [3.63, 3.8) is 0 Å². The van der Waals surface area contributed by atoms with E-state index in [1.54, 1.807) is 24.2 Å². The molecule has 1 aliphatic heterocycles. The van der Waals surface area contributed by atoms with Crippen LogP contribution in [-0.4, -0.2) is 40.8 Å². The lowest BCUT2D eigenvalue weighted by molar-refractivity contribution is -0.119. The third-order valence-electron chi connectivity index (χ3n) is 5.13. The molecule has 2 aromatic rings. The molecule has 26 heavy (non-hydrogen) atoms. The number of amides is 1. The van der Waals surface area contributed by atoms with Crippen LogP contribution in [0.1, 0.15) is 30.4 Å². The summed E-state index contributed by atoms with van der Waals surface area (Å²) in [6, 6.07) is 8.72. The fourth-order valence-electron chi connectivity index (χ4n) is 3.73. The first kappa shape index (κ1) is 17.3. The summed E-state index contributed by atoms with van der Waals surface area (Å²) in [4.78, 5) is 24.3. The molecule has 1 aromatic carbocycles. The monoisotopic (exact) mass is 368 g/mol. The molecular weight excluding hydrogens is 344 g/mol. The molecule has 2 aliphatic rings. The summed E-state index contributed by atoms with van der Waals surface area (Å²) in [5.74, 6) is 1.40. The SMILES string of the molecule is O=C(CSc1ccc2c(c1)CCC2)NC1CCN(c2ncccn2)CC1. The molecule has 1 fully saturated rings. The largest absolute Gasteiger partial charge is 0.353 e. The standard InChI is InChI=1S/C20H24N4OS/c25-19(14-26-18-6-5-15-3-1-4-16(15)13-18)23-17-7-11-24(12-8-17)20-21-9-2-10-22-20/h2,5-6,9-10,13,17H,1,3-4,7-8,11-12,14H2,(H,23,25). The summed E-state index contributed by atoms with van der Waals surface area (Å²) >= 11 is 1.64. The zero-order valence-electron chi connectivity index (χ0n) is 14.9. The van der Waals surface area contributed by atoms with Gasteiger partial charge in [0.15, 0.2) is 0 Å². The second-order valence-electron chi connectivity index (χ2n) is 6.95. The molecule has 1 N–H and O–H groups in total. The molecule has 1 aliphatic carbocycles. The van der Waals surface area contributed by atoms with Crippen LogP contribution in [0.4, 0.5) is 5.95 Å². The van der Waals surface area contributed by atoms with Crippen LogP contribution in [0.2, 0.25) is 0 Å². The van der Waals surface area contributed by atoms with Gasteiger partial charge in [-0.1, -0.05) is 6.07 Å². The second kappa shape index (κ2) is 8.08. The van der Waals surface area contributed by atoms with E-state index < -0.39 is 0 Å². The molecule has 0 radical (unpaired) electrons. The van der Waals surface area contributed by atoms with Gasteiger partial charge in [0.2, 0.25) is 11.9 Å². The maximum atomic E-state index is 12.3. The van der Waals surface area contributed by atoms with Crippen LogP contribution in [-0.2, 0) is 17.6 Å². The molecule has 1 saturated heterocycles. The minimum absolute atomic E-state index is 0.130. The van der Waals surface area contributed by atoms with Crippen LogP contribution in [0.15, 0.2) is 41.6 Å². The number of thioether (sulfide) groups is 1. The lowest BCUT2D eigenvalue weighted by Crippen LogP contribution is -2.45. The van der Waals surface area contributed by atoms with Gasteiger partial charge >= 0.3 is 0 Å². The van der Waals surface area contributed by atoms with Gasteiger partial charge in [-0.05, 0) is 61.4 Å². The first-order chi connectivity index (χ1) is 12.8. The molecule has 0 saturated carbocycles. The van der Waals surface area contributed by atoms with E-state index in [0.29, 0.717) is 5.75 Å². The number of aromatic nitrogens is 2. The Bertz CT molecular complexity index is 760. The summed E-state index contributed by atoms with van der Waals surface area (Å²) in [5, 5.41) is 3.19. The molecule has 0 atom stereocenters. The number of hydrogen-bond donors (Lipinski definition) is 1. The molecule has 1 aromatic heterocycles. The van der Waals surface area contributed by atoms with Crippen LogP contribution >= 0.6 is 11.8 Å². The van der Waals surface area contributed by atoms with Crippen molar-refractivity contribution in [2.45, 2.75) is 43.0 Å². The number of hydrogen-bond acceptors (Lipinski definition) is 5. The quantitative estimate of drug-likeness (QED) is 0.823. The number of rotatable bonds is 5. The van der Waals surface area contributed by atoms with Crippen LogP contribution < -0.4 is 10.2 Å². The van der Waals surface area contributed by atoms with E-state index in [2.05, 4.69) is 38.4 Å². The van der Waals surface area contributed by atoms with E-state index >= 15 is 0 Å². The van der Waals surface area contributed by atoms with Crippen molar-refractivity contribution in [2.75, 3.05) is 23.7 Å². The van der Waals surface area contributed by atoms with Crippen molar-refractivity contribution in [3.05, 3.63) is 47.8 Å². The Kier molecular flexibility index (Phi) is 5.39. The summed E-state index contributed by atoms with van der Waals surface area (Å²) in [7, 11) is 0. The highest BCUT2D eigenvalue weighted by Gasteiger charge is 2.22. The molecule has 6 heteroatoms. The number of carbonyl (C=O) groups excluding carboxylic acids is 1. The molecular formula is C20H24N4OS. The van der Waals surface area contributed by atoms with Crippen molar-refractivity contribution >= 4 is 23.6 Å². The van der Waals surface area contributed by atoms with Crippen molar-refractivity contribution in [3.8, 4) is 0 Å². The summed E-state index contributed by atoms with van der Waals surface area (Å²) in [5.41, 5.74) is 2.94. The van der Waals surface area contributed by atoms with Crippen LogP contribution in [0, 0.1) is 0 Å². The second-order valence-corrected chi connectivity index (χ2v) is 8.00. The summed E-state index contributed by atoms with van der Waals surface area (Å²) in [6.07, 6.45) is 9.06. The fourth-order valence-corrected chi connectivity index (χ4v) is 4.51. The molecule has 0 unspecified atom stereocenters. The highest BCUT2D eigenvalue weighted by molar-refractivity contribution is 8.00. The van der Waals surface area contributed by atoms with Gasteiger partial charge in [0.05, 0.1) is 5.75 Å². The van der Waals surface area contributed by atoms with Crippen LogP contribution in [0.25, 0.3) is 0 Å².